The summed E-state index contributed by atoms with van der Waals surface area (Å²) >= 11 is 0. The van der Waals surface area contributed by atoms with Crippen molar-refractivity contribution in [3.05, 3.63) is 102 Å². The van der Waals surface area contributed by atoms with Crippen molar-refractivity contribution in [1.82, 2.24) is 34.6 Å². The number of aromatic nitrogens is 4. The van der Waals surface area contributed by atoms with Crippen LogP contribution in [-0.2, 0) is 6.54 Å². The number of rotatable bonds is 11. The zero-order valence-electron chi connectivity index (χ0n) is 26.3. The normalized spacial score (nSPS) is 18.6. The summed E-state index contributed by atoms with van der Waals surface area (Å²) in [5, 5.41) is 0. The Kier molecular flexibility index (Phi) is 10.1. The van der Waals surface area contributed by atoms with Gasteiger partial charge in [0.2, 0.25) is 11.8 Å². The van der Waals surface area contributed by atoms with E-state index in [4.69, 9.17) is 14.2 Å². The smallest absolute Gasteiger partial charge is 0.322 e. The van der Waals surface area contributed by atoms with Crippen LogP contribution in [0, 0.1) is 0 Å². The highest BCUT2D eigenvalue weighted by Gasteiger charge is 2.43. The van der Waals surface area contributed by atoms with Crippen LogP contribution in [0.3, 0.4) is 0 Å². The summed E-state index contributed by atoms with van der Waals surface area (Å²) in [7, 11) is 2.85. The lowest BCUT2D eigenvalue weighted by Gasteiger charge is -2.53. The van der Waals surface area contributed by atoms with Crippen molar-refractivity contribution >= 4 is 5.91 Å². The minimum Gasteiger partial charge on any atom is -0.481 e. The maximum Gasteiger partial charge on any atom is 0.322 e. The molecule has 246 valence electrons. The lowest BCUT2D eigenvalue weighted by Crippen LogP contribution is -2.67. The molecular weight excluding hydrogens is 608 g/mol. The van der Waals surface area contributed by atoms with Crippen LogP contribution in [0.2, 0.25) is 0 Å². The fourth-order valence-corrected chi connectivity index (χ4v) is 6.66. The van der Waals surface area contributed by atoms with Gasteiger partial charge in [0.05, 0.1) is 26.0 Å². The Morgan fingerprint density at radius 3 is 2.21 bits per heavy atom. The van der Waals surface area contributed by atoms with E-state index in [1.807, 2.05) is 41.3 Å². The second kappa shape index (κ2) is 14.8. The zero-order chi connectivity index (χ0) is 32.8. The summed E-state index contributed by atoms with van der Waals surface area (Å²) < 4.78 is 42.8. The van der Waals surface area contributed by atoms with Crippen molar-refractivity contribution < 1.29 is 27.8 Å². The van der Waals surface area contributed by atoms with Crippen LogP contribution in [0.1, 0.15) is 33.1 Å². The van der Waals surface area contributed by atoms with Gasteiger partial charge in [-0.15, -0.1) is 0 Å². The summed E-state index contributed by atoms with van der Waals surface area (Å²) in [6.45, 7) is 2.34. The van der Waals surface area contributed by atoms with Crippen molar-refractivity contribution in [3.8, 4) is 17.8 Å². The lowest BCUT2D eigenvalue weighted by molar-refractivity contribution is -0.0294. The van der Waals surface area contributed by atoms with Crippen LogP contribution < -0.4 is 14.2 Å². The molecule has 2 aromatic heterocycles. The maximum absolute atomic E-state index is 13.5. The van der Waals surface area contributed by atoms with Gasteiger partial charge in [0.15, 0.2) is 6.61 Å². The average molecular weight is 646 g/mol. The van der Waals surface area contributed by atoms with Gasteiger partial charge in [0.25, 0.3) is 12.3 Å². The van der Waals surface area contributed by atoms with E-state index in [-0.39, 0.29) is 48.2 Å². The molecule has 6 rings (SSSR count). The number of hydrogen-bond acceptors (Lipinski definition) is 10. The molecule has 0 radical (unpaired) electrons. The molecule has 4 heterocycles. The van der Waals surface area contributed by atoms with Crippen LogP contribution in [0.15, 0.2) is 79.3 Å². The van der Waals surface area contributed by atoms with E-state index >= 15 is 0 Å². The number of alkyl halides is 2. The van der Waals surface area contributed by atoms with Gasteiger partial charge in [-0.1, -0.05) is 60.7 Å². The number of carbonyl (C=O) groups excluding carboxylic acids is 1. The van der Waals surface area contributed by atoms with E-state index in [1.54, 1.807) is 6.20 Å². The number of amides is 1. The molecule has 4 aromatic rings. The van der Waals surface area contributed by atoms with Crippen LogP contribution in [-0.4, -0.2) is 113 Å². The number of fused-ring (bicyclic) bond motifs is 1. The highest BCUT2D eigenvalue weighted by molar-refractivity contribution is 5.92. The van der Waals surface area contributed by atoms with Gasteiger partial charge in [-0.25, -0.2) is 13.8 Å². The highest BCUT2D eigenvalue weighted by atomic mass is 19.3. The summed E-state index contributed by atoms with van der Waals surface area (Å²) in [5.74, 6) is 0.0140. The van der Waals surface area contributed by atoms with E-state index < -0.39 is 13.0 Å². The molecule has 2 atom stereocenters. The predicted octanol–water partition coefficient (Wildman–Crippen LogP) is 3.77. The molecule has 0 saturated carbocycles. The predicted molar refractivity (Wildman–Crippen MR) is 169 cm³/mol. The first-order valence-corrected chi connectivity index (χ1v) is 15.5. The number of halogens is 2. The second-order valence-electron chi connectivity index (χ2n) is 11.5. The third-order valence-corrected chi connectivity index (χ3v) is 8.65. The SMILES string of the molecule is COc1nc(OC)c(CN2CC(C(c3ccccc3)c3ccccc3)N3CCN(C(=O)c4cnccn4)C[C@H]3C2)c(OCC(F)F)n1. The summed E-state index contributed by atoms with van der Waals surface area (Å²) in [5.41, 5.74) is 3.10. The Balaban J connectivity index is 1.37. The summed E-state index contributed by atoms with van der Waals surface area (Å²) in [6.07, 6.45) is 1.86. The Morgan fingerprint density at radius 1 is 0.894 bits per heavy atom. The third kappa shape index (κ3) is 7.31. The number of carbonyl (C=O) groups is 1. The monoisotopic (exact) mass is 645 g/mol. The first-order chi connectivity index (χ1) is 22.9. The number of ether oxygens (including phenoxy) is 3. The fraction of sp³-hybridized carbons (Fsp3) is 0.382. The molecule has 2 saturated heterocycles. The van der Waals surface area contributed by atoms with Gasteiger partial charge in [-0.2, -0.15) is 9.97 Å². The van der Waals surface area contributed by atoms with Gasteiger partial charge >= 0.3 is 6.01 Å². The molecule has 2 aliphatic rings. The van der Waals surface area contributed by atoms with E-state index in [1.165, 1.54) is 37.7 Å². The van der Waals surface area contributed by atoms with Gasteiger partial charge in [0.1, 0.15) is 5.69 Å². The van der Waals surface area contributed by atoms with Crippen molar-refractivity contribution in [2.75, 3.05) is 53.6 Å². The molecule has 2 fully saturated rings. The molecule has 2 aromatic carbocycles. The Morgan fingerprint density at radius 2 is 1.60 bits per heavy atom. The van der Waals surface area contributed by atoms with Gasteiger partial charge in [0, 0.05) is 69.7 Å². The Bertz CT molecular complexity index is 1580. The number of benzene rings is 2. The van der Waals surface area contributed by atoms with Crippen molar-refractivity contribution in [2.24, 2.45) is 0 Å². The molecule has 0 N–H and O–H groups in total. The second-order valence-corrected chi connectivity index (χ2v) is 11.5. The highest BCUT2D eigenvalue weighted by Crippen LogP contribution is 2.37. The summed E-state index contributed by atoms with van der Waals surface area (Å²) in [4.78, 5) is 37.0. The minimum atomic E-state index is -2.69. The molecular formula is C34H37F2N7O4. The molecule has 0 bridgehead atoms. The van der Waals surface area contributed by atoms with E-state index in [0.717, 1.165) is 0 Å². The molecule has 2 aliphatic heterocycles. The van der Waals surface area contributed by atoms with Gasteiger partial charge < -0.3 is 19.1 Å². The van der Waals surface area contributed by atoms with Crippen molar-refractivity contribution in [3.63, 3.8) is 0 Å². The van der Waals surface area contributed by atoms with Gasteiger partial charge in [-0.3, -0.25) is 19.6 Å². The number of methoxy groups -OCH3 is 2. The van der Waals surface area contributed by atoms with Crippen LogP contribution >= 0.6 is 0 Å². The molecule has 11 nitrogen and oxygen atoms in total. The first kappa shape index (κ1) is 32.2. The zero-order valence-corrected chi connectivity index (χ0v) is 26.3. The number of hydrogen-bond donors (Lipinski definition) is 0. The van der Waals surface area contributed by atoms with Crippen molar-refractivity contribution in [2.45, 2.75) is 31.0 Å². The molecule has 0 spiro atoms. The number of piperazine rings is 2. The standard InChI is InChI=1S/C34H37F2N7O4/c1-45-31-26(32(47-22-29(35)36)40-34(39-31)46-2)20-41-18-25-19-42(33(44)27-17-37-13-14-38-27)15-16-43(25)28(21-41)30(23-9-5-3-6-10-23)24-11-7-4-8-12-24/h3-14,17,25,28-30H,15-16,18-22H2,1-2H3/t25-,28?/m1/s1. The molecule has 13 heteroatoms. The van der Waals surface area contributed by atoms with E-state index in [2.05, 4.69) is 54.0 Å². The topological polar surface area (TPSA) is 106 Å². The first-order valence-electron chi connectivity index (χ1n) is 15.5. The van der Waals surface area contributed by atoms with Crippen LogP contribution in [0.5, 0.6) is 17.8 Å². The largest absolute Gasteiger partial charge is 0.481 e. The lowest BCUT2D eigenvalue weighted by atomic mass is 9.81. The molecule has 1 unspecified atom stereocenters. The Labute approximate surface area is 272 Å². The molecule has 1 amide bonds. The maximum atomic E-state index is 13.5. The molecule has 47 heavy (non-hydrogen) atoms. The third-order valence-electron chi connectivity index (χ3n) is 8.65. The van der Waals surface area contributed by atoms with Crippen LogP contribution in [0.4, 0.5) is 8.78 Å². The Hall–Kier alpha value is -4.75. The van der Waals surface area contributed by atoms with Crippen LogP contribution in [0.25, 0.3) is 0 Å². The quantitative estimate of drug-likeness (QED) is 0.239. The average Bonchev–Trinajstić information content (AvgIpc) is 3.11. The van der Waals surface area contributed by atoms with Gasteiger partial charge in [-0.05, 0) is 11.1 Å². The molecule has 0 aliphatic carbocycles. The van der Waals surface area contributed by atoms with Crippen molar-refractivity contribution in [1.29, 1.82) is 0 Å². The minimum absolute atomic E-state index is 0.00270. The fourth-order valence-electron chi connectivity index (χ4n) is 6.66. The van der Waals surface area contributed by atoms with E-state index in [9.17, 15) is 13.6 Å². The number of nitrogens with zero attached hydrogens (tertiary/aromatic N) is 7. The summed E-state index contributed by atoms with van der Waals surface area (Å²) in [6, 6.07) is 20.7. The van der Waals surface area contributed by atoms with E-state index in [0.29, 0.717) is 44.0 Å².